The van der Waals surface area contributed by atoms with Gasteiger partial charge >= 0.3 is 0 Å². The largest absolute Gasteiger partial charge is 0.394 e. The van der Waals surface area contributed by atoms with Gasteiger partial charge in [0.15, 0.2) is 0 Å². The Labute approximate surface area is 115 Å². The van der Waals surface area contributed by atoms with Crippen molar-refractivity contribution in [2.45, 2.75) is 82.4 Å². The van der Waals surface area contributed by atoms with E-state index in [1.807, 2.05) is 0 Å². The van der Waals surface area contributed by atoms with Crippen molar-refractivity contribution in [2.75, 3.05) is 6.61 Å². The average Bonchev–Trinajstić information content (AvgIpc) is 2.42. The highest BCUT2D eigenvalue weighted by molar-refractivity contribution is 4.91. The standard InChI is InChI=1S/C14H28O5/c1-2-3-4-5-6-7-8-10-12(16)14(18)13(17)11(9-15)19-10/h10-18H,2-9H2,1H3/t10?,11-,12+,13+,14-/m1/s1. The lowest BCUT2D eigenvalue weighted by Gasteiger charge is -2.40. The second-order valence-corrected chi connectivity index (χ2v) is 5.42. The van der Waals surface area contributed by atoms with Crippen molar-refractivity contribution < 1.29 is 25.2 Å². The van der Waals surface area contributed by atoms with Crippen molar-refractivity contribution >= 4 is 0 Å². The maximum atomic E-state index is 9.85. The summed E-state index contributed by atoms with van der Waals surface area (Å²) in [5, 5.41) is 38.2. The zero-order chi connectivity index (χ0) is 14.3. The van der Waals surface area contributed by atoms with Gasteiger partial charge in [0.1, 0.15) is 24.4 Å². The van der Waals surface area contributed by atoms with Crippen LogP contribution in [0, 0.1) is 0 Å². The van der Waals surface area contributed by atoms with Crippen LogP contribution in [0.25, 0.3) is 0 Å². The SMILES string of the molecule is CCCCCCCCC1O[C@H](CO)[C@H](O)[C@H](O)[C@H]1O. The topological polar surface area (TPSA) is 90.2 Å². The Morgan fingerprint density at radius 2 is 1.37 bits per heavy atom. The minimum atomic E-state index is -1.24. The lowest BCUT2D eigenvalue weighted by atomic mass is 9.92. The molecule has 1 unspecified atom stereocenters. The Morgan fingerprint density at radius 1 is 0.789 bits per heavy atom. The molecule has 0 saturated carbocycles. The van der Waals surface area contributed by atoms with Gasteiger partial charge in [0.25, 0.3) is 0 Å². The summed E-state index contributed by atoms with van der Waals surface area (Å²) >= 11 is 0. The van der Waals surface area contributed by atoms with Gasteiger partial charge in [-0.2, -0.15) is 0 Å². The fourth-order valence-electron chi connectivity index (χ4n) is 2.54. The van der Waals surface area contributed by atoms with Crippen molar-refractivity contribution in [1.82, 2.24) is 0 Å². The first-order valence-corrected chi connectivity index (χ1v) is 7.42. The highest BCUT2D eigenvalue weighted by Gasteiger charge is 2.42. The summed E-state index contributed by atoms with van der Waals surface area (Å²) in [6.45, 7) is 1.83. The van der Waals surface area contributed by atoms with Crippen LogP contribution >= 0.6 is 0 Å². The summed E-state index contributed by atoms with van der Waals surface area (Å²) in [7, 11) is 0. The molecule has 114 valence electrons. The van der Waals surface area contributed by atoms with Crippen LogP contribution in [0.1, 0.15) is 51.9 Å². The number of ether oxygens (including phenoxy) is 1. The maximum Gasteiger partial charge on any atom is 0.111 e. The van der Waals surface area contributed by atoms with Gasteiger partial charge in [0.05, 0.1) is 12.7 Å². The molecule has 0 aliphatic carbocycles. The summed E-state index contributed by atoms with van der Waals surface area (Å²) in [4.78, 5) is 0. The van der Waals surface area contributed by atoms with Gasteiger partial charge in [-0.15, -0.1) is 0 Å². The summed E-state index contributed by atoms with van der Waals surface area (Å²) in [6, 6.07) is 0. The Kier molecular flexibility index (Phi) is 7.87. The van der Waals surface area contributed by atoms with E-state index in [4.69, 9.17) is 9.84 Å². The minimum Gasteiger partial charge on any atom is -0.394 e. The first kappa shape index (κ1) is 16.9. The smallest absolute Gasteiger partial charge is 0.111 e. The van der Waals surface area contributed by atoms with Crippen LogP contribution in [-0.2, 0) is 4.74 Å². The highest BCUT2D eigenvalue weighted by atomic mass is 16.5. The Morgan fingerprint density at radius 3 is 2.00 bits per heavy atom. The van der Waals surface area contributed by atoms with Gasteiger partial charge in [0, 0.05) is 0 Å². The molecular formula is C14H28O5. The highest BCUT2D eigenvalue weighted by Crippen LogP contribution is 2.24. The van der Waals surface area contributed by atoms with E-state index in [9.17, 15) is 15.3 Å². The van der Waals surface area contributed by atoms with Crippen molar-refractivity contribution in [2.24, 2.45) is 0 Å². The predicted octanol–water partition coefficient (Wildman–Crippen LogP) is 0.579. The lowest BCUT2D eigenvalue weighted by Crippen LogP contribution is -2.58. The fourth-order valence-corrected chi connectivity index (χ4v) is 2.54. The molecular weight excluding hydrogens is 248 g/mol. The van der Waals surface area contributed by atoms with Crippen LogP contribution in [0.3, 0.4) is 0 Å². The quantitative estimate of drug-likeness (QED) is 0.487. The number of unbranched alkanes of at least 4 members (excludes halogenated alkanes) is 5. The second kappa shape index (κ2) is 8.87. The van der Waals surface area contributed by atoms with E-state index in [0.29, 0.717) is 6.42 Å². The molecule has 0 bridgehead atoms. The number of rotatable bonds is 8. The molecule has 5 nitrogen and oxygen atoms in total. The summed E-state index contributed by atoms with van der Waals surface area (Å²) in [5.74, 6) is 0. The fraction of sp³-hybridized carbons (Fsp3) is 1.00. The van der Waals surface area contributed by atoms with Crippen molar-refractivity contribution in [1.29, 1.82) is 0 Å². The van der Waals surface area contributed by atoms with Gasteiger partial charge in [-0.3, -0.25) is 0 Å². The van der Waals surface area contributed by atoms with Crippen molar-refractivity contribution in [3.05, 3.63) is 0 Å². The molecule has 0 aromatic heterocycles. The molecule has 1 saturated heterocycles. The van der Waals surface area contributed by atoms with Crippen LogP contribution in [0.2, 0.25) is 0 Å². The second-order valence-electron chi connectivity index (χ2n) is 5.42. The third kappa shape index (κ3) is 5.00. The van der Waals surface area contributed by atoms with Crippen molar-refractivity contribution in [3.8, 4) is 0 Å². The van der Waals surface area contributed by atoms with E-state index in [1.54, 1.807) is 0 Å². The number of hydrogen-bond donors (Lipinski definition) is 4. The Hall–Kier alpha value is -0.200. The van der Waals surface area contributed by atoms with E-state index < -0.39 is 30.5 Å². The molecule has 1 heterocycles. The number of aliphatic hydroxyl groups is 4. The Balaban J connectivity index is 2.28. The minimum absolute atomic E-state index is 0.349. The molecule has 0 spiro atoms. The molecule has 5 heteroatoms. The lowest BCUT2D eigenvalue weighted by molar-refractivity contribution is -0.230. The van der Waals surface area contributed by atoms with Crippen LogP contribution in [0.15, 0.2) is 0 Å². The summed E-state index contributed by atoms with van der Waals surface area (Å²) < 4.78 is 5.45. The van der Waals surface area contributed by atoms with E-state index in [-0.39, 0.29) is 6.61 Å². The summed E-state index contributed by atoms with van der Waals surface area (Å²) in [5.41, 5.74) is 0. The molecule has 0 amide bonds. The third-order valence-corrected chi connectivity index (χ3v) is 3.83. The third-order valence-electron chi connectivity index (χ3n) is 3.83. The number of aliphatic hydroxyl groups excluding tert-OH is 4. The van der Waals surface area contributed by atoms with Crippen LogP contribution < -0.4 is 0 Å². The van der Waals surface area contributed by atoms with Gasteiger partial charge in [0.2, 0.25) is 0 Å². The normalized spacial score (nSPS) is 35.5. The number of hydrogen-bond acceptors (Lipinski definition) is 5. The van der Waals surface area contributed by atoms with Crippen LogP contribution in [-0.4, -0.2) is 57.6 Å². The molecule has 1 aliphatic rings. The molecule has 1 fully saturated rings. The van der Waals surface area contributed by atoms with E-state index in [2.05, 4.69) is 6.92 Å². The van der Waals surface area contributed by atoms with Crippen LogP contribution in [0.5, 0.6) is 0 Å². The molecule has 4 N–H and O–H groups in total. The molecule has 0 aromatic carbocycles. The first-order valence-electron chi connectivity index (χ1n) is 7.42. The van der Waals surface area contributed by atoms with Crippen molar-refractivity contribution in [3.63, 3.8) is 0 Å². The molecule has 0 radical (unpaired) electrons. The van der Waals surface area contributed by atoms with Gasteiger partial charge < -0.3 is 25.2 Å². The molecule has 5 atom stereocenters. The van der Waals surface area contributed by atoms with E-state index in [0.717, 1.165) is 12.8 Å². The van der Waals surface area contributed by atoms with Crippen LogP contribution in [0.4, 0.5) is 0 Å². The first-order chi connectivity index (χ1) is 9.11. The average molecular weight is 276 g/mol. The monoisotopic (exact) mass is 276 g/mol. The Bertz CT molecular complexity index is 234. The summed E-state index contributed by atoms with van der Waals surface area (Å²) in [6.07, 6.45) is 2.67. The van der Waals surface area contributed by atoms with E-state index in [1.165, 1.54) is 25.7 Å². The molecule has 19 heavy (non-hydrogen) atoms. The van der Waals surface area contributed by atoms with Gasteiger partial charge in [-0.25, -0.2) is 0 Å². The molecule has 1 aliphatic heterocycles. The molecule has 0 aromatic rings. The zero-order valence-corrected chi connectivity index (χ0v) is 11.7. The molecule has 1 rings (SSSR count). The zero-order valence-electron chi connectivity index (χ0n) is 11.7. The van der Waals surface area contributed by atoms with E-state index >= 15 is 0 Å². The maximum absolute atomic E-state index is 9.85. The predicted molar refractivity (Wildman–Crippen MR) is 71.8 cm³/mol. The van der Waals surface area contributed by atoms with Gasteiger partial charge in [-0.1, -0.05) is 45.4 Å². The van der Waals surface area contributed by atoms with Gasteiger partial charge in [-0.05, 0) is 6.42 Å².